The summed E-state index contributed by atoms with van der Waals surface area (Å²) in [6.45, 7) is -2.78. The maximum absolute atomic E-state index is 12.0. The van der Waals surface area contributed by atoms with Crippen LogP contribution in [0.25, 0.3) is 0 Å². The Morgan fingerprint density at radius 2 is 1.89 bits per heavy atom. The van der Waals surface area contributed by atoms with Gasteiger partial charge in [-0.05, 0) is 46.5 Å². The zero-order valence-corrected chi connectivity index (χ0v) is 11.8. The fourth-order valence-electron chi connectivity index (χ4n) is 1.59. The second-order valence-electron chi connectivity index (χ2n) is 3.75. The van der Waals surface area contributed by atoms with Gasteiger partial charge in [-0.15, -0.1) is 0 Å². The highest BCUT2D eigenvalue weighted by molar-refractivity contribution is 9.09. The molecule has 1 aromatic carbocycles. The highest BCUT2D eigenvalue weighted by Gasteiger charge is 2.10. The van der Waals surface area contributed by atoms with E-state index >= 15 is 0 Å². The Kier molecular flexibility index (Phi) is 4.72. The molecule has 0 amide bonds. The van der Waals surface area contributed by atoms with Crippen LogP contribution in [-0.4, -0.2) is 6.61 Å². The highest BCUT2D eigenvalue weighted by Crippen LogP contribution is 2.29. The summed E-state index contributed by atoms with van der Waals surface area (Å²) in [5.41, 5.74) is 2.30. The Hall–Kier alpha value is -0.940. The van der Waals surface area contributed by atoms with Crippen molar-refractivity contribution in [2.45, 2.75) is 17.9 Å². The molecule has 0 bridgehead atoms. The first-order chi connectivity index (χ1) is 8.65. The van der Waals surface area contributed by atoms with Crippen molar-refractivity contribution < 1.29 is 13.5 Å². The van der Waals surface area contributed by atoms with Crippen LogP contribution in [0.2, 0.25) is 0 Å². The summed E-state index contributed by atoms with van der Waals surface area (Å²) in [6, 6.07) is 8.78. The number of halogens is 3. The predicted octanol–water partition coefficient (Wildman–Crippen LogP) is 5.03. The van der Waals surface area contributed by atoms with Gasteiger partial charge in [0, 0.05) is 4.83 Å². The maximum Gasteiger partial charge on any atom is 0.387 e. The number of rotatable bonds is 5. The summed E-state index contributed by atoms with van der Waals surface area (Å²) in [5.74, 6) is 0.184. The summed E-state index contributed by atoms with van der Waals surface area (Å²) in [6.07, 6.45) is 0.874. The fraction of sp³-hybridized carbons (Fsp3) is 0.231. The van der Waals surface area contributed by atoms with Crippen molar-refractivity contribution in [3.63, 3.8) is 0 Å². The van der Waals surface area contributed by atoms with Crippen LogP contribution >= 0.6 is 27.3 Å². The van der Waals surface area contributed by atoms with E-state index in [1.165, 1.54) is 5.56 Å². The van der Waals surface area contributed by atoms with Crippen molar-refractivity contribution >= 4 is 27.3 Å². The molecular weight excluding hydrogens is 322 g/mol. The van der Waals surface area contributed by atoms with E-state index < -0.39 is 6.61 Å². The molecule has 96 valence electrons. The van der Waals surface area contributed by atoms with Gasteiger partial charge in [0.2, 0.25) is 0 Å². The average Bonchev–Trinajstić information content (AvgIpc) is 2.82. The minimum absolute atomic E-state index is 0.174. The molecule has 0 fully saturated rings. The van der Waals surface area contributed by atoms with Crippen LogP contribution in [0, 0.1) is 0 Å². The highest BCUT2D eigenvalue weighted by atomic mass is 79.9. The second-order valence-corrected chi connectivity index (χ2v) is 5.64. The molecule has 1 unspecified atom stereocenters. The number of ether oxygens (including phenoxy) is 1. The van der Waals surface area contributed by atoms with Crippen molar-refractivity contribution in [3.8, 4) is 5.75 Å². The third kappa shape index (κ3) is 3.78. The minimum atomic E-state index is -2.78. The first kappa shape index (κ1) is 13.5. The Morgan fingerprint density at radius 3 is 2.44 bits per heavy atom. The number of hydrogen-bond donors (Lipinski definition) is 0. The molecule has 1 aromatic heterocycles. The molecule has 0 saturated heterocycles. The molecular formula is C13H11BrF2OS. The Morgan fingerprint density at radius 1 is 1.17 bits per heavy atom. The number of hydrogen-bond acceptors (Lipinski definition) is 2. The maximum atomic E-state index is 12.0. The van der Waals surface area contributed by atoms with Crippen molar-refractivity contribution in [2.24, 2.45) is 0 Å². The number of alkyl halides is 3. The summed E-state index contributed by atoms with van der Waals surface area (Å²) < 4.78 is 28.3. The zero-order valence-electron chi connectivity index (χ0n) is 9.35. The van der Waals surface area contributed by atoms with Gasteiger partial charge in [0.15, 0.2) is 0 Å². The lowest BCUT2D eigenvalue weighted by Crippen LogP contribution is -2.02. The van der Waals surface area contributed by atoms with Gasteiger partial charge >= 0.3 is 6.61 Å². The topological polar surface area (TPSA) is 9.23 Å². The van der Waals surface area contributed by atoms with Gasteiger partial charge in [0.25, 0.3) is 0 Å². The van der Waals surface area contributed by atoms with Gasteiger partial charge in [-0.1, -0.05) is 28.1 Å². The van der Waals surface area contributed by atoms with E-state index in [2.05, 4.69) is 32.1 Å². The van der Waals surface area contributed by atoms with E-state index in [9.17, 15) is 8.78 Å². The van der Waals surface area contributed by atoms with E-state index in [0.29, 0.717) is 0 Å². The Labute approximate surface area is 117 Å². The SMILES string of the molecule is FC(F)Oc1ccc(C(Br)Cc2ccsc2)cc1. The summed E-state index contributed by atoms with van der Waals surface area (Å²) in [5, 5.41) is 4.14. The average molecular weight is 333 g/mol. The molecule has 5 heteroatoms. The molecule has 0 aliphatic rings. The third-order valence-electron chi connectivity index (χ3n) is 2.46. The molecule has 2 rings (SSSR count). The monoisotopic (exact) mass is 332 g/mol. The van der Waals surface area contributed by atoms with Crippen LogP contribution in [0.1, 0.15) is 16.0 Å². The van der Waals surface area contributed by atoms with Gasteiger partial charge in [-0.25, -0.2) is 0 Å². The fourth-order valence-corrected chi connectivity index (χ4v) is 2.95. The molecule has 0 N–H and O–H groups in total. The number of thiophene rings is 1. The van der Waals surface area contributed by atoms with Crippen LogP contribution in [0.4, 0.5) is 8.78 Å². The molecule has 0 saturated carbocycles. The van der Waals surface area contributed by atoms with E-state index in [1.807, 2.05) is 5.38 Å². The molecule has 0 spiro atoms. The van der Waals surface area contributed by atoms with Gasteiger partial charge in [-0.3, -0.25) is 0 Å². The Balaban J connectivity index is 2.00. The number of benzene rings is 1. The molecule has 1 nitrogen and oxygen atoms in total. The van der Waals surface area contributed by atoms with Crippen LogP contribution in [0.5, 0.6) is 5.75 Å². The van der Waals surface area contributed by atoms with Gasteiger partial charge in [0.1, 0.15) is 5.75 Å². The molecule has 0 aliphatic carbocycles. The lowest BCUT2D eigenvalue weighted by atomic mass is 10.1. The first-order valence-corrected chi connectivity index (χ1v) is 7.21. The lowest BCUT2D eigenvalue weighted by molar-refractivity contribution is -0.0498. The van der Waals surface area contributed by atoms with E-state index in [0.717, 1.165) is 12.0 Å². The Bertz CT molecular complexity index is 470. The van der Waals surface area contributed by atoms with Crippen LogP contribution in [0.15, 0.2) is 41.1 Å². The van der Waals surface area contributed by atoms with Gasteiger partial charge < -0.3 is 4.74 Å². The van der Waals surface area contributed by atoms with Gasteiger partial charge in [0.05, 0.1) is 0 Å². The standard InChI is InChI=1S/C13H11BrF2OS/c14-12(7-9-5-6-18-8-9)10-1-3-11(4-2-10)17-13(15)16/h1-6,8,12-13H,7H2. The second kappa shape index (κ2) is 6.29. The summed E-state index contributed by atoms with van der Waals surface area (Å²) in [4.78, 5) is 0.174. The summed E-state index contributed by atoms with van der Waals surface area (Å²) in [7, 11) is 0. The molecule has 1 atom stereocenters. The molecule has 1 heterocycles. The normalized spacial score (nSPS) is 12.7. The van der Waals surface area contributed by atoms with Crippen molar-refractivity contribution in [3.05, 3.63) is 52.2 Å². The molecule has 0 radical (unpaired) electrons. The minimum Gasteiger partial charge on any atom is -0.435 e. The van der Waals surface area contributed by atoms with Crippen LogP contribution in [0.3, 0.4) is 0 Å². The quantitative estimate of drug-likeness (QED) is 0.698. The predicted molar refractivity (Wildman–Crippen MR) is 72.8 cm³/mol. The van der Waals surface area contributed by atoms with E-state index in [-0.39, 0.29) is 10.6 Å². The first-order valence-electron chi connectivity index (χ1n) is 5.35. The largest absolute Gasteiger partial charge is 0.435 e. The van der Waals surface area contributed by atoms with E-state index in [4.69, 9.17) is 0 Å². The van der Waals surface area contributed by atoms with Crippen molar-refractivity contribution in [2.75, 3.05) is 0 Å². The van der Waals surface area contributed by atoms with Gasteiger partial charge in [-0.2, -0.15) is 20.1 Å². The molecule has 18 heavy (non-hydrogen) atoms. The smallest absolute Gasteiger partial charge is 0.387 e. The summed E-state index contributed by atoms with van der Waals surface area (Å²) >= 11 is 5.26. The molecule has 2 aromatic rings. The molecule has 0 aliphatic heterocycles. The zero-order chi connectivity index (χ0) is 13.0. The van der Waals surface area contributed by atoms with Crippen molar-refractivity contribution in [1.29, 1.82) is 0 Å². The van der Waals surface area contributed by atoms with Crippen LogP contribution in [-0.2, 0) is 6.42 Å². The van der Waals surface area contributed by atoms with E-state index in [1.54, 1.807) is 35.6 Å². The lowest BCUT2D eigenvalue weighted by Gasteiger charge is -2.10. The van der Waals surface area contributed by atoms with Crippen LogP contribution < -0.4 is 4.74 Å². The van der Waals surface area contributed by atoms with Crippen molar-refractivity contribution in [1.82, 2.24) is 0 Å². The third-order valence-corrected chi connectivity index (χ3v) is 4.05.